The van der Waals surface area contributed by atoms with Gasteiger partial charge >= 0.3 is 0 Å². The number of carbonyl (C=O) groups is 1. The normalized spacial score (nSPS) is 17.1. The predicted octanol–water partition coefficient (Wildman–Crippen LogP) is 4.13. The minimum Gasteiger partial charge on any atom is -0.303 e. The Morgan fingerprint density at radius 3 is 2.62 bits per heavy atom. The van der Waals surface area contributed by atoms with Gasteiger partial charge in [-0.25, -0.2) is 0 Å². The summed E-state index contributed by atoms with van der Waals surface area (Å²) in [6.45, 7) is 0. The van der Waals surface area contributed by atoms with Gasteiger partial charge in [0.2, 0.25) is 0 Å². The number of amides is 1. The molecule has 132 valence electrons. The Kier molecular flexibility index (Phi) is 3.62. The zero-order chi connectivity index (χ0) is 17.5. The molecule has 1 aromatic carbocycles. The van der Waals surface area contributed by atoms with E-state index >= 15 is 0 Å². The fourth-order valence-corrected chi connectivity index (χ4v) is 3.60. The van der Waals surface area contributed by atoms with E-state index in [0.717, 1.165) is 29.7 Å². The fourth-order valence-electron chi connectivity index (χ4n) is 3.60. The lowest BCUT2D eigenvalue weighted by Gasteiger charge is -2.27. The molecule has 5 rings (SSSR count). The van der Waals surface area contributed by atoms with E-state index in [9.17, 15) is 4.79 Å². The maximum Gasteiger partial charge on any atom is 0.275 e. The molecular formula is C20H21N5O. The summed E-state index contributed by atoms with van der Waals surface area (Å²) >= 11 is 0. The van der Waals surface area contributed by atoms with Gasteiger partial charge < -0.3 is 5.32 Å². The molecule has 2 heterocycles. The van der Waals surface area contributed by atoms with Crippen LogP contribution in [0, 0.1) is 0 Å². The van der Waals surface area contributed by atoms with Crippen LogP contribution in [0.2, 0.25) is 0 Å². The molecular weight excluding hydrogens is 326 g/mol. The number of hydrogen-bond donors (Lipinski definition) is 2. The fraction of sp³-hybridized carbons (Fsp3) is 0.350. The van der Waals surface area contributed by atoms with Gasteiger partial charge in [-0.15, -0.1) is 0 Å². The van der Waals surface area contributed by atoms with Gasteiger partial charge in [0.25, 0.3) is 5.91 Å². The third-order valence-corrected chi connectivity index (χ3v) is 5.40. The van der Waals surface area contributed by atoms with E-state index in [1.165, 1.54) is 19.3 Å². The topological polar surface area (TPSA) is 75.6 Å². The van der Waals surface area contributed by atoms with Crippen molar-refractivity contribution in [2.24, 2.45) is 0 Å². The Hall–Kier alpha value is -2.89. The highest BCUT2D eigenvalue weighted by Crippen LogP contribution is 2.45. The second-order valence-electron chi connectivity index (χ2n) is 7.20. The lowest BCUT2D eigenvalue weighted by molar-refractivity contribution is 0.100. The Morgan fingerprint density at radius 2 is 1.92 bits per heavy atom. The first-order valence-corrected chi connectivity index (χ1v) is 9.30. The summed E-state index contributed by atoms with van der Waals surface area (Å²) in [6.07, 6.45) is 7.42. The molecule has 0 aliphatic heterocycles. The summed E-state index contributed by atoms with van der Waals surface area (Å²) in [5.41, 5.74) is 3.81. The summed E-state index contributed by atoms with van der Waals surface area (Å²) in [6, 6.07) is 12.3. The van der Waals surface area contributed by atoms with Crippen molar-refractivity contribution >= 4 is 11.7 Å². The second-order valence-corrected chi connectivity index (χ2v) is 7.20. The van der Waals surface area contributed by atoms with Crippen molar-refractivity contribution in [1.82, 2.24) is 20.0 Å². The van der Waals surface area contributed by atoms with Crippen molar-refractivity contribution in [3.05, 3.63) is 54.0 Å². The van der Waals surface area contributed by atoms with E-state index in [4.69, 9.17) is 0 Å². The van der Waals surface area contributed by atoms with Crippen LogP contribution in [-0.2, 0) is 0 Å². The number of H-pyrrole nitrogens is 1. The number of aromatic amines is 1. The van der Waals surface area contributed by atoms with Gasteiger partial charge in [-0.2, -0.15) is 10.2 Å². The van der Waals surface area contributed by atoms with Crippen molar-refractivity contribution in [3.63, 3.8) is 0 Å². The molecule has 6 nitrogen and oxygen atoms in total. The Morgan fingerprint density at radius 1 is 1.12 bits per heavy atom. The SMILES string of the molecule is O=C(Nc1n[nH]c(C2CC2)c1-c1ccccc1)c1ccnn1C1CCC1. The van der Waals surface area contributed by atoms with Gasteiger partial charge in [-0.3, -0.25) is 14.6 Å². The maximum absolute atomic E-state index is 12.9. The van der Waals surface area contributed by atoms with Crippen LogP contribution in [-0.4, -0.2) is 25.9 Å². The molecule has 2 N–H and O–H groups in total. The molecule has 2 aromatic heterocycles. The molecule has 2 aliphatic carbocycles. The number of nitrogens with one attached hydrogen (secondary N) is 2. The van der Waals surface area contributed by atoms with Crippen LogP contribution in [0.5, 0.6) is 0 Å². The molecule has 3 aromatic rings. The minimum absolute atomic E-state index is 0.152. The van der Waals surface area contributed by atoms with E-state index in [1.807, 2.05) is 22.9 Å². The highest BCUT2D eigenvalue weighted by Gasteiger charge is 2.31. The van der Waals surface area contributed by atoms with Gasteiger partial charge in [0.05, 0.1) is 6.04 Å². The quantitative estimate of drug-likeness (QED) is 0.729. The molecule has 26 heavy (non-hydrogen) atoms. The van der Waals surface area contributed by atoms with E-state index < -0.39 is 0 Å². The smallest absolute Gasteiger partial charge is 0.275 e. The number of benzene rings is 1. The summed E-state index contributed by atoms with van der Waals surface area (Å²) in [5, 5.41) is 15.0. The molecule has 6 heteroatoms. The summed E-state index contributed by atoms with van der Waals surface area (Å²) in [7, 11) is 0. The number of carbonyl (C=O) groups excluding carboxylic acids is 1. The Bertz CT molecular complexity index is 934. The Labute approximate surface area is 151 Å². The van der Waals surface area contributed by atoms with Gasteiger partial charge in [0, 0.05) is 23.4 Å². The number of rotatable bonds is 5. The number of anilines is 1. The van der Waals surface area contributed by atoms with Gasteiger partial charge in [0.15, 0.2) is 5.82 Å². The highest BCUT2D eigenvalue weighted by molar-refractivity contribution is 6.04. The molecule has 0 radical (unpaired) electrons. The van der Waals surface area contributed by atoms with Gasteiger partial charge in [-0.05, 0) is 43.7 Å². The molecule has 0 bridgehead atoms. The third kappa shape index (κ3) is 2.62. The zero-order valence-corrected chi connectivity index (χ0v) is 14.5. The van der Waals surface area contributed by atoms with Gasteiger partial charge in [0.1, 0.15) is 5.69 Å². The van der Waals surface area contributed by atoms with Crippen LogP contribution in [0.25, 0.3) is 11.1 Å². The first kappa shape index (κ1) is 15.4. The van der Waals surface area contributed by atoms with Gasteiger partial charge in [-0.1, -0.05) is 30.3 Å². The average Bonchev–Trinajstić information content (AvgIpc) is 3.20. The van der Waals surface area contributed by atoms with E-state index in [0.29, 0.717) is 23.5 Å². The van der Waals surface area contributed by atoms with Crippen LogP contribution in [0.15, 0.2) is 42.6 Å². The first-order chi connectivity index (χ1) is 12.8. The Balaban J connectivity index is 1.47. The number of nitrogens with zero attached hydrogens (tertiary/aromatic N) is 3. The summed E-state index contributed by atoms with van der Waals surface area (Å²) in [5.74, 6) is 0.966. The monoisotopic (exact) mass is 347 g/mol. The average molecular weight is 347 g/mol. The lowest BCUT2D eigenvalue weighted by atomic mass is 9.93. The second kappa shape index (κ2) is 6.12. The highest BCUT2D eigenvalue weighted by atomic mass is 16.2. The number of hydrogen-bond acceptors (Lipinski definition) is 3. The minimum atomic E-state index is -0.152. The summed E-state index contributed by atoms with van der Waals surface area (Å²) < 4.78 is 1.86. The molecule has 2 saturated carbocycles. The first-order valence-electron chi connectivity index (χ1n) is 9.30. The maximum atomic E-state index is 12.9. The van der Waals surface area contributed by atoms with Crippen LogP contribution in [0.1, 0.15) is 60.2 Å². The molecule has 2 aliphatic rings. The lowest BCUT2D eigenvalue weighted by Crippen LogP contribution is -2.25. The van der Waals surface area contributed by atoms with Crippen molar-refractivity contribution in [2.45, 2.75) is 44.1 Å². The van der Waals surface area contributed by atoms with E-state index in [1.54, 1.807) is 12.3 Å². The molecule has 0 unspecified atom stereocenters. The van der Waals surface area contributed by atoms with Crippen LogP contribution in [0.4, 0.5) is 5.82 Å². The van der Waals surface area contributed by atoms with Crippen molar-refractivity contribution in [3.8, 4) is 11.1 Å². The van der Waals surface area contributed by atoms with Crippen molar-refractivity contribution in [1.29, 1.82) is 0 Å². The van der Waals surface area contributed by atoms with Crippen molar-refractivity contribution in [2.75, 3.05) is 5.32 Å². The largest absolute Gasteiger partial charge is 0.303 e. The standard InChI is InChI=1S/C20H21N5O/c26-20(16-11-12-21-25(16)15-7-4-8-15)22-19-17(13-5-2-1-3-6-13)18(23-24-19)14-9-10-14/h1-3,5-6,11-12,14-15H,4,7-10H2,(H2,22,23,24,26). The molecule has 1 amide bonds. The molecule has 0 spiro atoms. The summed E-state index contributed by atoms with van der Waals surface area (Å²) in [4.78, 5) is 12.9. The predicted molar refractivity (Wildman–Crippen MR) is 99.1 cm³/mol. The molecule has 0 saturated heterocycles. The van der Waals surface area contributed by atoms with Crippen LogP contribution >= 0.6 is 0 Å². The number of aromatic nitrogens is 4. The molecule has 2 fully saturated rings. The molecule has 0 atom stereocenters. The van der Waals surface area contributed by atoms with Crippen LogP contribution in [0.3, 0.4) is 0 Å². The van der Waals surface area contributed by atoms with Crippen LogP contribution < -0.4 is 5.32 Å². The van der Waals surface area contributed by atoms with Crippen molar-refractivity contribution < 1.29 is 4.79 Å². The van der Waals surface area contributed by atoms with E-state index in [2.05, 4.69) is 32.7 Å². The zero-order valence-electron chi connectivity index (χ0n) is 14.5. The van der Waals surface area contributed by atoms with E-state index in [-0.39, 0.29) is 5.91 Å². The third-order valence-electron chi connectivity index (χ3n) is 5.40.